The first kappa shape index (κ1) is 14.0. The van der Waals surface area contributed by atoms with E-state index in [-0.39, 0.29) is 37.4 Å². The Balaban J connectivity index is 2.30. The van der Waals surface area contributed by atoms with Crippen LogP contribution in [-0.4, -0.2) is 62.6 Å². The van der Waals surface area contributed by atoms with Crippen LogP contribution in [0.1, 0.15) is 10.4 Å². The molecule has 2 N–H and O–H groups in total. The van der Waals surface area contributed by atoms with Gasteiger partial charge in [0.1, 0.15) is 5.56 Å². The fourth-order valence-electron chi connectivity index (χ4n) is 1.89. The third-order valence-corrected chi connectivity index (χ3v) is 3.78. The van der Waals surface area contributed by atoms with Crippen molar-refractivity contribution in [2.75, 3.05) is 32.1 Å². The molecule has 1 aliphatic rings. The zero-order chi connectivity index (χ0) is 13.8. The van der Waals surface area contributed by atoms with Crippen LogP contribution in [0.15, 0.2) is 16.1 Å². The Morgan fingerprint density at radius 1 is 1.42 bits per heavy atom. The maximum Gasteiger partial charge on any atom is 0.267 e. The van der Waals surface area contributed by atoms with Gasteiger partial charge in [-0.25, -0.2) is 4.98 Å². The summed E-state index contributed by atoms with van der Waals surface area (Å²) >= 11 is 1.48. The molecular weight excluding hydrogens is 270 g/mol. The van der Waals surface area contributed by atoms with Gasteiger partial charge >= 0.3 is 0 Å². The molecule has 0 atom stereocenters. The Morgan fingerprint density at radius 2 is 2.11 bits per heavy atom. The number of carbonyl (C=O) groups is 1. The molecule has 8 heteroatoms. The van der Waals surface area contributed by atoms with Crippen LogP contribution in [0.2, 0.25) is 0 Å². The molecule has 1 amide bonds. The molecule has 0 aromatic carbocycles. The van der Waals surface area contributed by atoms with Crippen molar-refractivity contribution < 1.29 is 15.0 Å². The van der Waals surface area contributed by atoms with Crippen molar-refractivity contribution in [2.24, 2.45) is 0 Å². The van der Waals surface area contributed by atoms with Gasteiger partial charge in [0, 0.05) is 31.6 Å². The lowest BCUT2D eigenvalue weighted by Gasteiger charge is -2.20. The molecule has 1 aromatic rings. The van der Waals surface area contributed by atoms with E-state index in [2.05, 4.69) is 4.98 Å². The van der Waals surface area contributed by atoms with Crippen molar-refractivity contribution in [2.45, 2.75) is 11.7 Å². The summed E-state index contributed by atoms with van der Waals surface area (Å²) in [5.41, 5.74) is -0.381. The average Bonchev–Trinajstić information content (AvgIpc) is 2.87. The summed E-state index contributed by atoms with van der Waals surface area (Å²) in [5, 5.41) is 18.4. The van der Waals surface area contributed by atoms with Gasteiger partial charge in [0.2, 0.25) is 0 Å². The second-order valence-electron chi connectivity index (χ2n) is 4.00. The van der Waals surface area contributed by atoms with Gasteiger partial charge in [-0.05, 0) is 0 Å². The van der Waals surface area contributed by atoms with Gasteiger partial charge < -0.3 is 15.1 Å². The van der Waals surface area contributed by atoms with Crippen molar-refractivity contribution >= 4 is 17.7 Å². The molecule has 1 aromatic heterocycles. The van der Waals surface area contributed by atoms with Gasteiger partial charge in [-0.15, -0.1) is 0 Å². The van der Waals surface area contributed by atoms with Crippen LogP contribution in [0.25, 0.3) is 0 Å². The lowest BCUT2D eigenvalue weighted by atomic mass is 10.2. The molecular formula is C11H15N3O4S. The van der Waals surface area contributed by atoms with E-state index in [1.165, 1.54) is 27.4 Å². The molecule has 0 spiro atoms. The third kappa shape index (κ3) is 2.80. The van der Waals surface area contributed by atoms with Crippen LogP contribution in [0.3, 0.4) is 0 Å². The zero-order valence-corrected chi connectivity index (χ0v) is 11.1. The predicted molar refractivity (Wildman–Crippen MR) is 69.3 cm³/mol. The monoisotopic (exact) mass is 285 g/mol. The minimum atomic E-state index is -0.507. The van der Waals surface area contributed by atoms with Crippen molar-refractivity contribution in [3.8, 4) is 0 Å². The Bertz CT molecular complexity index is 525. The fraction of sp³-hybridized carbons (Fsp3) is 0.545. The van der Waals surface area contributed by atoms with Gasteiger partial charge in [-0.3, -0.25) is 14.2 Å². The highest BCUT2D eigenvalue weighted by Crippen LogP contribution is 2.20. The highest BCUT2D eigenvalue weighted by atomic mass is 32.2. The maximum absolute atomic E-state index is 12.2. The summed E-state index contributed by atoms with van der Waals surface area (Å²) < 4.78 is 1.48. The largest absolute Gasteiger partial charge is 0.395 e. The summed E-state index contributed by atoms with van der Waals surface area (Å²) in [7, 11) is 0. The first-order valence-corrected chi connectivity index (χ1v) is 6.91. The molecule has 7 nitrogen and oxygen atoms in total. The maximum atomic E-state index is 12.2. The standard InChI is InChI=1S/C11H15N3O4S/c15-4-1-13(2-5-16)9(17)8-7-12-11-14(10(8)18)3-6-19-11/h7,15-16H,1-6H2. The Kier molecular flexibility index (Phi) is 4.56. The lowest BCUT2D eigenvalue weighted by molar-refractivity contribution is 0.0681. The number of aromatic nitrogens is 2. The zero-order valence-electron chi connectivity index (χ0n) is 10.3. The van der Waals surface area contributed by atoms with E-state index >= 15 is 0 Å². The summed E-state index contributed by atoms with van der Waals surface area (Å²) in [6.07, 6.45) is 1.27. The number of carbonyl (C=O) groups excluding carboxylic acids is 1. The van der Waals surface area contributed by atoms with Gasteiger partial charge in [-0.2, -0.15) is 0 Å². The molecule has 0 saturated heterocycles. The van der Waals surface area contributed by atoms with E-state index in [9.17, 15) is 9.59 Å². The molecule has 2 heterocycles. The second-order valence-corrected chi connectivity index (χ2v) is 5.06. The number of nitrogens with zero attached hydrogens (tertiary/aromatic N) is 3. The first-order valence-electron chi connectivity index (χ1n) is 5.92. The molecule has 0 fully saturated rings. The predicted octanol–water partition coefficient (Wildman–Crippen LogP) is -1.22. The summed E-state index contributed by atoms with van der Waals surface area (Å²) in [5.74, 6) is 0.268. The number of amides is 1. The van der Waals surface area contributed by atoms with E-state index in [0.29, 0.717) is 11.7 Å². The normalized spacial score (nSPS) is 13.4. The van der Waals surface area contributed by atoms with Gasteiger partial charge in [0.05, 0.1) is 13.2 Å². The molecule has 0 aliphatic carbocycles. The van der Waals surface area contributed by atoms with Gasteiger partial charge in [0.15, 0.2) is 5.16 Å². The fourth-order valence-corrected chi connectivity index (χ4v) is 2.80. The number of thioether (sulfide) groups is 1. The second kappa shape index (κ2) is 6.18. The number of fused-ring (bicyclic) bond motifs is 1. The van der Waals surface area contributed by atoms with Crippen molar-refractivity contribution in [3.63, 3.8) is 0 Å². The van der Waals surface area contributed by atoms with Crippen LogP contribution in [0.5, 0.6) is 0 Å². The minimum absolute atomic E-state index is 0.0202. The SMILES string of the molecule is O=C(c1cnc2n(c1=O)CCS2)N(CCO)CCO. The highest BCUT2D eigenvalue weighted by molar-refractivity contribution is 7.99. The summed E-state index contributed by atoms with van der Waals surface area (Å²) in [6, 6.07) is 0. The molecule has 2 rings (SSSR count). The van der Waals surface area contributed by atoms with Gasteiger partial charge in [-0.1, -0.05) is 11.8 Å². The summed E-state index contributed by atoms with van der Waals surface area (Å²) in [6.45, 7) is 0.264. The number of rotatable bonds is 5. The van der Waals surface area contributed by atoms with E-state index in [0.717, 1.165) is 5.75 Å². The van der Waals surface area contributed by atoms with E-state index in [4.69, 9.17) is 10.2 Å². The van der Waals surface area contributed by atoms with E-state index in [1.54, 1.807) is 0 Å². The van der Waals surface area contributed by atoms with Crippen molar-refractivity contribution in [1.82, 2.24) is 14.5 Å². The highest BCUT2D eigenvalue weighted by Gasteiger charge is 2.23. The molecule has 0 radical (unpaired) electrons. The Labute approximate surface area is 113 Å². The van der Waals surface area contributed by atoms with Crippen LogP contribution >= 0.6 is 11.8 Å². The van der Waals surface area contributed by atoms with E-state index < -0.39 is 5.91 Å². The van der Waals surface area contributed by atoms with Crippen LogP contribution < -0.4 is 5.56 Å². The topological polar surface area (TPSA) is 95.7 Å². The molecule has 0 bridgehead atoms. The van der Waals surface area contributed by atoms with Crippen LogP contribution in [0.4, 0.5) is 0 Å². The van der Waals surface area contributed by atoms with E-state index in [1.807, 2.05) is 0 Å². The number of hydrogen-bond acceptors (Lipinski definition) is 6. The molecule has 0 saturated carbocycles. The van der Waals surface area contributed by atoms with Crippen molar-refractivity contribution in [1.29, 1.82) is 0 Å². The Morgan fingerprint density at radius 3 is 2.74 bits per heavy atom. The number of aliphatic hydroxyl groups is 2. The average molecular weight is 285 g/mol. The minimum Gasteiger partial charge on any atom is -0.395 e. The molecule has 0 unspecified atom stereocenters. The Hall–Kier alpha value is -1.38. The number of aliphatic hydroxyl groups excluding tert-OH is 2. The quantitative estimate of drug-likeness (QED) is 0.658. The van der Waals surface area contributed by atoms with Crippen LogP contribution in [0, 0.1) is 0 Å². The molecule has 19 heavy (non-hydrogen) atoms. The van der Waals surface area contributed by atoms with Crippen molar-refractivity contribution in [3.05, 3.63) is 22.1 Å². The third-order valence-electron chi connectivity index (χ3n) is 2.81. The van der Waals surface area contributed by atoms with Gasteiger partial charge in [0.25, 0.3) is 11.5 Å². The molecule has 104 valence electrons. The smallest absolute Gasteiger partial charge is 0.267 e. The first-order chi connectivity index (χ1) is 9.19. The van der Waals surface area contributed by atoms with Crippen LogP contribution in [-0.2, 0) is 6.54 Å². The summed E-state index contributed by atoms with van der Waals surface area (Å²) in [4.78, 5) is 29.7. The number of hydrogen-bond donors (Lipinski definition) is 2. The lowest BCUT2D eigenvalue weighted by Crippen LogP contribution is -2.40. The molecule has 1 aliphatic heterocycles.